The molecule has 0 aliphatic rings. The van der Waals surface area contributed by atoms with Crippen LogP contribution in [-0.4, -0.2) is 34.8 Å². The molecule has 0 spiro atoms. The monoisotopic (exact) mass is 446 g/mol. The van der Waals surface area contributed by atoms with Crippen LogP contribution in [0, 0.1) is 6.92 Å². The molecular formula is C26H26N2O5. The standard InChI is InChI=1S/C26H26N2O5/c1-17-7-9-18(10-8-17)24(30)32-22-12-11-19(21(29)16-28-26(2,3)4)14-23(22)33-25(31)20-6-5-13-27-15-20/h5-15,28H,16H2,1-4H3. The molecule has 0 atom stereocenters. The van der Waals surface area contributed by atoms with Gasteiger partial charge in [-0.05, 0) is 70.2 Å². The topological polar surface area (TPSA) is 94.6 Å². The van der Waals surface area contributed by atoms with Crippen molar-refractivity contribution in [3.05, 3.63) is 89.2 Å². The number of pyridine rings is 1. The Kier molecular flexibility index (Phi) is 7.35. The van der Waals surface area contributed by atoms with Crippen molar-refractivity contribution >= 4 is 17.7 Å². The first kappa shape index (κ1) is 23.8. The van der Waals surface area contributed by atoms with Crippen molar-refractivity contribution in [1.29, 1.82) is 0 Å². The molecule has 33 heavy (non-hydrogen) atoms. The Morgan fingerprint density at radius 2 is 1.48 bits per heavy atom. The van der Waals surface area contributed by atoms with Crippen molar-refractivity contribution in [2.24, 2.45) is 0 Å². The highest BCUT2D eigenvalue weighted by Crippen LogP contribution is 2.30. The van der Waals surface area contributed by atoms with Crippen molar-refractivity contribution in [2.45, 2.75) is 33.2 Å². The second kappa shape index (κ2) is 10.2. The van der Waals surface area contributed by atoms with Gasteiger partial charge in [0.25, 0.3) is 0 Å². The van der Waals surface area contributed by atoms with E-state index in [9.17, 15) is 14.4 Å². The molecule has 0 amide bonds. The first-order chi connectivity index (χ1) is 15.6. The molecule has 1 aromatic heterocycles. The number of ether oxygens (including phenoxy) is 2. The van der Waals surface area contributed by atoms with Gasteiger partial charge in [-0.25, -0.2) is 9.59 Å². The molecule has 1 N–H and O–H groups in total. The second-order valence-electron chi connectivity index (χ2n) is 8.58. The van der Waals surface area contributed by atoms with Crippen molar-refractivity contribution < 1.29 is 23.9 Å². The molecule has 7 heteroatoms. The fourth-order valence-electron chi connectivity index (χ4n) is 2.78. The number of nitrogens with zero attached hydrogens (tertiary/aromatic N) is 1. The van der Waals surface area contributed by atoms with Crippen LogP contribution in [0.2, 0.25) is 0 Å². The van der Waals surface area contributed by atoms with Crippen LogP contribution in [-0.2, 0) is 0 Å². The van der Waals surface area contributed by atoms with Gasteiger partial charge in [0.2, 0.25) is 0 Å². The Balaban J connectivity index is 1.88. The Morgan fingerprint density at radius 1 is 0.848 bits per heavy atom. The smallest absolute Gasteiger partial charge is 0.345 e. The first-order valence-electron chi connectivity index (χ1n) is 10.5. The maximum atomic E-state index is 12.7. The maximum absolute atomic E-state index is 12.7. The molecule has 170 valence electrons. The number of ketones is 1. The normalized spacial score (nSPS) is 11.0. The largest absolute Gasteiger partial charge is 0.419 e. The molecule has 2 aromatic carbocycles. The number of aromatic nitrogens is 1. The number of Topliss-reactive ketones (excluding diaryl/α,β-unsaturated/α-hetero) is 1. The zero-order valence-corrected chi connectivity index (χ0v) is 19.0. The van der Waals surface area contributed by atoms with Gasteiger partial charge in [0.05, 0.1) is 17.7 Å². The van der Waals surface area contributed by atoms with Crippen molar-refractivity contribution in [2.75, 3.05) is 6.54 Å². The summed E-state index contributed by atoms with van der Waals surface area (Å²) in [5.41, 5.74) is 1.65. The summed E-state index contributed by atoms with van der Waals surface area (Å²) in [4.78, 5) is 41.8. The van der Waals surface area contributed by atoms with Crippen LogP contribution in [0.3, 0.4) is 0 Å². The lowest BCUT2D eigenvalue weighted by Crippen LogP contribution is -2.39. The molecule has 0 radical (unpaired) electrons. The van der Waals surface area contributed by atoms with Gasteiger partial charge in [-0.1, -0.05) is 17.7 Å². The fraction of sp³-hybridized carbons (Fsp3) is 0.231. The lowest BCUT2D eigenvalue weighted by molar-refractivity contribution is 0.0682. The third-order valence-electron chi connectivity index (χ3n) is 4.63. The van der Waals surface area contributed by atoms with E-state index in [0.29, 0.717) is 11.1 Å². The van der Waals surface area contributed by atoms with Crippen molar-refractivity contribution in [1.82, 2.24) is 10.3 Å². The zero-order valence-electron chi connectivity index (χ0n) is 19.0. The second-order valence-corrected chi connectivity index (χ2v) is 8.58. The van der Waals surface area contributed by atoms with Gasteiger partial charge >= 0.3 is 11.9 Å². The van der Waals surface area contributed by atoms with E-state index in [1.807, 2.05) is 27.7 Å². The van der Waals surface area contributed by atoms with Gasteiger partial charge in [0.1, 0.15) is 0 Å². The molecule has 1 heterocycles. The predicted molar refractivity (Wildman–Crippen MR) is 124 cm³/mol. The minimum absolute atomic E-state index is 0.0261. The number of aryl methyl sites for hydroxylation is 1. The summed E-state index contributed by atoms with van der Waals surface area (Å²) >= 11 is 0. The molecule has 0 aliphatic carbocycles. The molecule has 0 saturated carbocycles. The number of benzene rings is 2. The van der Waals surface area contributed by atoms with Crippen molar-refractivity contribution in [3.63, 3.8) is 0 Å². The predicted octanol–water partition coefficient (Wildman–Crippen LogP) is 4.40. The quantitative estimate of drug-likeness (QED) is 0.327. The highest BCUT2D eigenvalue weighted by molar-refractivity contribution is 5.99. The number of rotatable bonds is 7. The third-order valence-corrected chi connectivity index (χ3v) is 4.63. The SMILES string of the molecule is Cc1ccc(C(=O)Oc2ccc(C(=O)CNC(C)(C)C)cc2OC(=O)c2cccnc2)cc1. The molecule has 7 nitrogen and oxygen atoms in total. The highest BCUT2D eigenvalue weighted by atomic mass is 16.6. The number of carbonyl (C=O) groups is 3. The van der Waals surface area contributed by atoms with Crippen LogP contribution in [0.1, 0.15) is 57.4 Å². The Labute approximate surface area is 192 Å². The van der Waals surface area contributed by atoms with Crippen LogP contribution in [0.4, 0.5) is 0 Å². The van der Waals surface area contributed by atoms with Gasteiger partial charge in [-0.2, -0.15) is 0 Å². The summed E-state index contributed by atoms with van der Waals surface area (Å²) in [6, 6.07) is 14.4. The maximum Gasteiger partial charge on any atom is 0.345 e. The van der Waals surface area contributed by atoms with E-state index in [1.165, 1.54) is 30.6 Å². The van der Waals surface area contributed by atoms with Gasteiger partial charge in [-0.15, -0.1) is 0 Å². The van der Waals surface area contributed by atoms with Crippen molar-refractivity contribution in [3.8, 4) is 11.5 Å². The molecule has 3 rings (SSSR count). The van der Waals surface area contributed by atoms with E-state index in [2.05, 4.69) is 10.3 Å². The minimum Gasteiger partial charge on any atom is -0.419 e. The molecule has 0 unspecified atom stereocenters. The van der Waals surface area contributed by atoms with E-state index < -0.39 is 11.9 Å². The molecular weight excluding hydrogens is 420 g/mol. The van der Waals surface area contributed by atoms with Gasteiger partial charge in [-0.3, -0.25) is 9.78 Å². The first-order valence-corrected chi connectivity index (χ1v) is 10.5. The van der Waals surface area contributed by atoms with Gasteiger partial charge in [0.15, 0.2) is 17.3 Å². The van der Waals surface area contributed by atoms with Crippen LogP contribution in [0.5, 0.6) is 11.5 Å². The summed E-state index contributed by atoms with van der Waals surface area (Å²) < 4.78 is 11.0. The third kappa shape index (κ3) is 6.82. The lowest BCUT2D eigenvalue weighted by Gasteiger charge is -2.20. The van der Waals surface area contributed by atoms with E-state index in [-0.39, 0.29) is 34.9 Å². The Morgan fingerprint density at radius 3 is 2.12 bits per heavy atom. The molecule has 0 bridgehead atoms. The summed E-state index contributed by atoms with van der Waals surface area (Å²) in [5.74, 6) is -1.50. The number of esters is 2. The Bertz CT molecular complexity index is 1150. The van der Waals surface area contributed by atoms with Gasteiger partial charge in [0, 0.05) is 23.5 Å². The Hall–Kier alpha value is -3.84. The number of hydrogen-bond donors (Lipinski definition) is 1. The fourth-order valence-corrected chi connectivity index (χ4v) is 2.78. The van der Waals surface area contributed by atoms with Crippen LogP contribution >= 0.6 is 0 Å². The summed E-state index contributed by atoms with van der Waals surface area (Å²) in [6.07, 6.45) is 2.90. The minimum atomic E-state index is -0.687. The number of nitrogens with one attached hydrogen (secondary N) is 1. The lowest BCUT2D eigenvalue weighted by atomic mass is 10.1. The summed E-state index contributed by atoms with van der Waals surface area (Å²) in [5, 5.41) is 3.13. The van der Waals surface area contributed by atoms with E-state index in [4.69, 9.17) is 9.47 Å². The highest BCUT2D eigenvalue weighted by Gasteiger charge is 2.20. The van der Waals surface area contributed by atoms with Crippen LogP contribution in [0.15, 0.2) is 67.0 Å². The summed E-state index contributed by atoms with van der Waals surface area (Å²) in [7, 11) is 0. The molecule has 3 aromatic rings. The van der Waals surface area contributed by atoms with E-state index >= 15 is 0 Å². The number of carbonyl (C=O) groups excluding carboxylic acids is 3. The average molecular weight is 447 g/mol. The van der Waals surface area contributed by atoms with Gasteiger partial charge < -0.3 is 14.8 Å². The molecule has 0 saturated heterocycles. The average Bonchev–Trinajstić information content (AvgIpc) is 2.79. The van der Waals surface area contributed by atoms with Crippen LogP contribution in [0.25, 0.3) is 0 Å². The van der Waals surface area contributed by atoms with E-state index in [0.717, 1.165) is 5.56 Å². The summed E-state index contributed by atoms with van der Waals surface area (Å²) in [6.45, 7) is 7.87. The zero-order chi connectivity index (χ0) is 24.0. The van der Waals surface area contributed by atoms with Crippen LogP contribution < -0.4 is 14.8 Å². The molecule has 0 fully saturated rings. The molecule has 0 aliphatic heterocycles. The van der Waals surface area contributed by atoms with E-state index in [1.54, 1.807) is 36.4 Å². The number of hydrogen-bond acceptors (Lipinski definition) is 7.